The van der Waals surface area contributed by atoms with Gasteiger partial charge in [0, 0.05) is 34.1 Å². The van der Waals surface area contributed by atoms with Gasteiger partial charge < -0.3 is 4.98 Å². The lowest BCUT2D eigenvalue weighted by Gasteiger charge is -2.30. The summed E-state index contributed by atoms with van der Waals surface area (Å²) in [6, 6.07) is 8.45. The molecule has 1 saturated heterocycles. The average molecular weight is 314 g/mol. The Kier molecular flexibility index (Phi) is 4.19. The van der Waals surface area contributed by atoms with E-state index in [1.165, 1.54) is 72.9 Å². The summed E-state index contributed by atoms with van der Waals surface area (Å²) in [6.45, 7) is 1.33. The largest absolute Gasteiger partial charge is 0.361 e. The maximum atomic E-state index is 3.47. The molecule has 0 unspecified atom stereocenters. The fraction of sp³-hybridized carbons (Fsp3) is 0.579. The van der Waals surface area contributed by atoms with Crippen LogP contribution in [0.3, 0.4) is 0 Å². The highest BCUT2D eigenvalue weighted by molar-refractivity contribution is 7.98. The summed E-state index contributed by atoms with van der Waals surface area (Å²) in [5.74, 6) is 0. The Balaban J connectivity index is 1.57. The van der Waals surface area contributed by atoms with Crippen LogP contribution in [0.25, 0.3) is 10.9 Å². The Morgan fingerprint density at radius 2 is 2.05 bits per heavy atom. The molecule has 2 heterocycles. The zero-order chi connectivity index (χ0) is 14.9. The van der Waals surface area contributed by atoms with E-state index < -0.39 is 0 Å². The highest BCUT2D eigenvalue weighted by Crippen LogP contribution is 2.33. The van der Waals surface area contributed by atoms with Crippen molar-refractivity contribution >= 4 is 22.7 Å². The molecule has 3 heteroatoms. The minimum absolute atomic E-state index is 0.764. The van der Waals surface area contributed by atoms with E-state index in [0.29, 0.717) is 0 Å². The molecule has 22 heavy (non-hydrogen) atoms. The highest BCUT2D eigenvalue weighted by atomic mass is 32.2. The Labute approximate surface area is 137 Å². The number of hydrogen-bond acceptors (Lipinski definition) is 2. The van der Waals surface area contributed by atoms with Crippen molar-refractivity contribution < 1.29 is 0 Å². The van der Waals surface area contributed by atoms with Gasteiger partial charge in [-0.2, -0.15) is 0 Å². The van der Waals surface area contributed by atoms with Crippen LogP contribution in [0, 0.1) is 0 Å². The van der Waals surface area contributed by atoms with E-state index in [2.05, 4.69) is 40.5 Å². The molecule has 0 amide bonds. The number of nitrogens with zero attached hydrogens (tertiary/aromatic N) is 1. The fourth-order valence-electron chi connectivity index (χ4n) is 4.50. The number of thioether (sulfide) groups is 1. The Morgan fingerprint density at radius 1 is 1.18 bits per heavy atom. The van der Waals surface area contributed by atoms with Gasteiger partial charge >= 0.3 is 0 Å². The van der Waals surface area contributed by atoms with E-state index in [4.69, 9.17) is 0 Å². The molecule has 1 aromatic carbocycles. The molecule has 4 rings (SSSR count). The number of H-pyrrole nitrogens is 1. The summed E-state index contributed by atoms with van der Waals surface area (Å²) in [5, 5.41) is 1.44. The number of aromatic nitrogens is 1. The maximum Gasteiger partial charge on any atom is 0.0457 e. The number of likely N-dealkylation sites (tertiary alicyclic amines) is 1. The van der Waals surface area contributed by atoms with Crippen molar-refractivity contribution in [1.29, 1.82) is 0 Å². The summed E-state index contributed by atoms with van der Waals surface area (Å²) in [4.78, 5) is 7.68. The van der Waals surface area contributed by atoms with Crippen LogP contribution >= 0.6 is 11.8 Å². The van der Waals surface area contributed by atoms with Gasteiger partial charge in [0.25, 0.3) is 0 Å². The SMILES string of the molecule is CSc1ccc2[nH]cc(C[C@H]3CCCN3C3CCCC3)c2c1. The van der Waals surface area contributed by atoms with Crippen LogP contribution in [-0.2, 0) is 6.42 Å². The van der Waals surface area contributed by atoms with Gasteiger partial charge in [-0.05, 0) is 68.7 Å². The quantitative estimate of drug-likeness (QED) is 0.814. The third kappa shape index (κ3) is 2.69. The van der Waals surface area contributed by atoms with Crippen molar-refractivity contribution in [3.8, 4) is 0 Å². The molecule has 1 aromatic heterocycles. The third-order valence-corrected chi connectivity index (χ3v) is 6.37. The number of benzene rings is 1. The first-order valence-corrected chi connectivity index (χ1v) is 9.97. The van der Waals surface area contributed by atoms with Crippen molar-refractivity contribution in [3.63, 3.8) is 0 Å². The Bertz CT molecular complexity index is 642. The molecule has 1 N–H and O–H groups in total. The van der Waals surface area contributed by atoms with E-state index >= 15 is 0 Å². The molecule has 118 valence electrons. The first-order valence-electron chi connectivity index (χ1n) is 8.75. The lowest BCUT2D eigenvalue weighted by atomic mass is 10.0. The van der Waals surface area contributed by atoms with Gasteiger partial charge in [-0.25, -0.2) is 0 Å². The number of fused-ring (bicyclic) bond motifs is 1. The monoisotopic (exact) mass is 314 g/mol. The Hall–Kier alpha value is -0.930. The van der Waals surface area contributed by atoms with E-state index in [0.717, 1.165) is 12.1 Å². The minimum Gasteiger partial charge on any atom is -0.361 e. The summed E-state index contributed by atoms with van der Waals surface area (Å²) >= 11 is 1.84. The summed E-state index contributed by atoms with van der Waals surface area (Å²) in [6.07, 6.45) is 14.1. The second-order valence-electron chi connectivity index (χ2n) is 6.90. The fourth-order valence-corrected chi connectivity index (χ4v) is 4.94. The first kappa shape index (κ1) is 14.6. The summed E-state index contributed by atoms with van der Waals surface area (Å²) in [7, 11) is 0. The number of rotatable bonds is 4. The molecule has 2 aliphatic rings. The van der Waals surface area contributed by atoms with Gasteiger partial charge in [-0.15, -0.1) is 11.8 Å². The molecule has 1 aliphatic carbocycles. The second kappa shape index (κ2) is 6.29. The smallest absolute Gasteiger partial charge is 0.0457 e. The number of aromatic amines is 1. The minimum atomic E-state index is 0.764. The summed E-state index contributed by atoms with van der Waals surface area (Å²) < 4.78 is 0. The van der Waals surface area contributed by atoms with Crippen LogP contribution in [-0.4, -0.2) is 34.8 Å². The van der Waals surface area contributed by atoms with Crippen molar-refractivity contribution in [3.05, 3.63) is 30.0 Å². The van der Waals surface area contributed by atoms with E-state index in [1.54, 1.807) is 0 Å². The molecule has 0 radical (unpaired) electrons. The predicted octanol–water partition coefficient (Wildman–Crippen LogP) is 4.84. The molecule has 2 aromatic rings. The van der Waals surface area contributed by atoms with Gasteiger partial charge in [0.15, 0.2) is 0 Å². The second-order valence-corrected chi connectivity index (χ2v) is 7.78. The summed E-state index contributed by atoms with van der Waals surface area (Å²) in [5.41, 5.74) is 2.80. The van der Waals surface area contributed by atoms with E-state index in [1.807, 2.05) is 11.8 Å². The lowest BCUT2D eigenvalue weighted by Crippen LogP contribution is -2.38. The zero-order valence-corrected chi connectivity index (χ0v) is 14.3. The van der Waals surface area contributed by atoms with Gasteiger partial charge in [0.05, 0.1) is 0 Å². The standard InChI is InChI=1S/C19H26N2S/c1-22-17-8-9-19-18(12-17)14(13-20-19)11-16-7-4-10-21(16)15-5-2-3-6-15/h8-9,12-13,15-16,20H,2-7,10-11H2,1H3/t16-/m1/s1. The molecule has 1 aliphatic heterocycles. The highest BCUT2D eigenvalue weighted by Gasteiger charge is 2.32. The molecule has 0 spiro atoms. The predicted molar refractivity (Wildman–Crippen MR) is 95.8 cm³/mol. The maximum absolute atomic E-state index is 3.47. The average Bonchev–Trinajstić information content (AvgIpc) is 3.27. The van der Waals surface area contributed by atoms with Crippen molar-refractivity contribution in [2.45, 2.75) is 61.9 Å². The van der Waals surface area contributed by atoms with Crippen molar-refractivity contribution in [2.24, 2.45) is 0 Å². The van der Waals surface area contributed by atoms with E-state index in [9.17, 15) is 0 Å². The van der Waals surface area contributed by atoms with Crippen LogP contribution in [0.4, 0.5) is 0 Å². The molecule has 2 nitrogen and oxygen atoms in total. The van der Waals surface area contributed by atoms with Crippen LogP contribution in [0.1, 0.15) is 44.1 Å². The van der Waals surface area contributed by atoms with Crippen LogP contribution in [0.15, 0.2) is 29.3 Å². The van der Waals surface area contributed by atoms with Gasteiger partial charge in [-0.3, -0.25) is 4.90 Å². The molecule has 2 fully saturated rings. The zero-order valence-electron chi connectivity index (χ0n) is 13.5. The normalized spacial score (nSPS) is 23.8. The number of nitrogens with one attached hydrogen (secondary N) is 1. The first-order chi connectivity index (χ1) is 10.8. The van der Waals surface area contributed by atoms with Gasteiger partial charge in [-0.1, -0.05) is 12.8 Å². The van der Waals surface area contributed by atoms with Crippen molar-refractivity contribution in [2.75, 3.05) is 12.8 Å². The van der Waals surface area contributed by atoms with Crippen LogP contribution in [0.5, 0.6) is 0 Å². The molecule has 1 saturated carbocycles. The third-order valence-electron chi connectivity index (χ3n) is 5.65. The van der Waals surface area contributed by atoms with Crippen LogP contribution in [0.2, 0.25) is 0 Å². The molecular weight excluding hydrogens is 288 g/mol. The van der Waals surface area contributed by atoms with Crippen molar-refractivity contribution in [1.82, 2.24) is 9.88 Å². The number of hydrogen-bond donors (Lipinski definition) is 1. The molecule has 0 bridgehead atoms. The molecule has 1 atom stereocenters. The van der Waals surface area contributed by atoms with Gasteiger partial charge in [0.1, 0.15) is 0 Å². The lowest BCUT2D eigenvalue weighted by molar-refractivity contribution is 0.181. The Morgan fingerprint density at radius 3 is 2.86 bits per heavy atom. The topological polar surface area (TPSA) is 19.0 Å². The van der Waals surface area contributed by atoms with Gasteiger partial charge in [0.2, 0.25) is 0 Å². The molecular formula is C19H26N2S. The van der Waals surface area contributed by atoms with Crippen LogP contribution < -0.4 is 0 Å². The van der Waals surface area contributed by atoms with E-state index in [-0.39, 0.29) is 0 Å².